The summed E-state index contributed by atoms with van der Waals surface area (Å²) in [4.78, 5) is 11.7. The number of benzene rings is 2. The van der Waals surface area contributed by atoms with Gasteiger partial charge in [0.2, 0.25) is 5.56 Å². The van der Waals surface area contributed by atoms with Crippen LogP contribution in [-0.2, 0) is 13.7 Å². The van der Waals surface area contributed by atoms with Gasteiger partial charge in [-0.3, -0.25) is 4.79 Å². The maximum Gasteiger partial charge on any atom is 0.250 e. The summed E-state index contributed by atoms with van der Waals surface area (Å²) in [5, 5.41) is 22.6. The molecule has 2 aromatic carbocycles. The van der Waals surface area contributed by atoms with Gasteiger partial charge < -0.3 is 14.9 Å². The minimum Gasteiger partial charge on any atom is -0.411 e. The molecule has 0 radical (unpaired) electrons. The van der Waals surface area contributed by atoms with E-state index in [0.29, 0.717) is 16.8 Å². The van der Waals surface area contributed by atoms with Gasteiger partial charge >= 0.3 is 0 Å². The van der Waals surface area contributed by atoms with Crippen LogP contribution in [0, 0.1) is 5.82 Å². The lowest BCUT2D eigenvalue weighted by molar-refractivity contribution is 0.282. The molecule has 0 saturated carbocycles. The Labute approximate surface area is 172 Å². The molecule has 150 valence electrons. The molecule has 1 aromatic heterocycles. The molecule has 1 unspecified atom stereocenters. The van der Waals surface area contributed by atoms with Crippen molar-refractivity contribution >= 4 is 17.3 Å². The lowest BCUT2D eigenvalue weighted by Crippen LogP contribution is -2.18. The molecule has 0 aliphatic rings. The second-order valence-corrected chi connectivity index (χ2v) is 7.17. The molecule has 5 nitrogen and oxygen atoms in total. The Morgan fingerprint density at radius 2 is 1.90 bits per heavy atom. The van der Waals surface area contributed by atoms with Crippen molar-refractivity contribution in [3.63, 3.8) is 0 Å². The molecule has 7 heteroatoms. The number of halogens is 2. The van der Waals surface area contributed by atoms with Gasteiger partial charge in [0.05, 0.1) is 12.3 Å². The molecule has 0 aliphatic carbocycles. The van der Waals surface area contributed by atoms with Crippen LogP contribution in [0.25, 0.3) is 0 Å². The van der Waals surface area contributed by atoms with Crippen molar-refractivity contribution in [2.45, 2.75) is 18.9 Å². The summed E-state index contributed by atoms with van der Waals surface area (Å²) in [7, 11) is 1.60. The van der Waals surface area contributed by atoms with E-state index in [4.69, 9.17) is 11.6 Å². The molecule has 29 heavy (non-hydrogen) atoms. The van der Waals surface area contributed by atoms with E-state index in [0.717, 1.165) is 11.1 Å². The van der Waals surface area contributed by atoms with Crippen LogP contribution in [0.5, 0.6) is 0 Å². The third-order valence-corrected chi connectivity index (χ3v) is 5.07. The first-order valence-electron chi connectivity index (χ1n) is 8.95. The lowest BCUT2D eigenvalue weighted by Gasteiger charge is -2.20. The van der Waals surface area contributed by atoms with E-state index in [1.54, 1.807) is 55.7 Å². The summed E-state index contributed by atoms with van der Waals surface area (Å²) in [5.74, 6) is -0.936. The van der Waals surface area contributed by atoms with Crippen LogP contribution in [0.2, 0.25) is 5.02 Å². The number of aromatic nitrogens is 1. The second kappa shape index (κ2) is 9.03. The van der Waals surface area contributed by atoms with Gasteiger partial charge in [-0.2, -0.15) is 0 Å². The molecule has 1 atom stereocenters. The highest BCUT2D eigenvalue weighted by atomic mass is 35.5. The first-order chi connectivity index (χ1) is 13.9. The summed E-state index contributed by atoms with van der Waals surface area (Å²) in [5.41, 5.74) is 2.60. The molecule has 0 bridgehead atoms. The SMILES string of the molecule is Cn1cc(/C(CC(c2ccc(CO)cc2)c2ccc(Cl)cc2F)=N/O)ccc1=O. The Morgan fingerprint density at radius 3 is 2.48 bits per heavy atom. The molecule has 0 aliphatic heterocycles. The van der Waals surface area contributed by atoms with Crippen LogP contribution in [0.4, 0.5) is 4.39 Å². The summed E-state index contributed by atoms with van der Waals surface area (Å²) in [6.45, 7) is -0.0956. The lowest BCUT2D eigenvalue weighted by atomic mass is 9.85. The van der Waals surface area contributed by atoms with Gasteiger partial charge in [0.1, 0.15) is 5.82 Å². The zero-order valence-corrected chi connectivity index (χ0v) is 16.5. The van der Waals surface area contributed by atoms with Crippen molar-refractivity contribution in [1.82, 2.24) is 4.57 Å². The average molecular weight is 415 g/mol. The smallest absolute Gasteiger partial charge is 0.250 e. The summed E-state index contributed by atoms with van der Waals surface area (Å²) < 4.78 is 16.1. The van der Waals surface area contributed by atoms with Crippen LogP contribution in [0.15, 0.2) is 70.7 Å². The first-order valence-corrected chi connectivity index (χ1v) is 9.33. The minimum absolute atomic E-state index is 0.0956. The molecule has 3 aromatic rings. The van der Waals surface area contributed by atoms with Crippen LogP contribution in [0.3, 0.4) is 0 Å². The Morgan fingerprint density at radius 1 is 1.17 bits per heavy atom. The number of aliphatic hydroxyl groups excluding tert-OH is 1. The number of hydrogen-bond donors (Lipinski definition) is 2. The van der Waals surface area contributed by atoms with Gasteiger partial charge in [0.15, 0.2) is 0 Å². The molecular weight excluding hydrogens is 395 g/mol. The standard InChI is InChI=1S/C22H20ClFN2O3/c1-26-12-16(6-9-22(26)28)21(25-29)11-19(15-4-2-14(13-27)3-5-15)18-8-7-17(23)10-20(18)24/h2-10,12,19,27,29H,11,13H2,1H3/b25-21+. The zero-order chi connectivity index (χ0) is 21.0. The summed E-state index contributed by atoms with van der Waals surface area (Å²) in [6.07, 6.45) is 1.76. The maximum atomic E-state index is 14.7. The number of nitrogens with zero attached hydrogens (tertiary/aromatic N) is 2. The molecule has 1 heterocycles. The van der Waals surface area contributed by atoms with E-state index in [9.17, 15) is 19.5 Å². The second-order valence-electron chi connectivity index (χ2n) is 6.74. The number of hydrogen-bond acceptors (Lipinski definition) is 4. The van der Waals surface area contributed by atoms with Crippen molar-refractivity contribution in [2.75, 3.05) is 0 Å². The van der Waals surface area contributed by atoms with Crippen LogP contribution in [0.1, 0.15) is 34.6 Å². The number of rotatable bonds is 6. The zero-order valence-electron chi connectivity index (χ0n) is 15.7. The topological polar surface area (TPSA) is 74.8 Å². The Hall–Kier alpha value is -2.96. The van der Waals surface area contributed by atoms with Crippen molar-refractivity contribution < 1.29 is 14.7 Å². The molecule has 3 rings (SSSR count). The highest BCUT2D eigenvalue weighted by molar-refractivity contribution is 6.30. The minimum atomic E-state index is -0.469. The third-order valence-electron chi connectivity index (χ3n) is 4.84. The molecular formula is C22H20ClFN2O3. The third kappa shape index (κ3) is 4.72. The van der Waals surface area contributed by atoms with E-state index in [1.807, 2.05) is 0 Å². The van der Waals surface area contributed by atoms with Gasteiger partial charge in [-0.1, -0.05) is 47.1 Å². The molecule has 0 amide bonds. The molecule has 0 spiro atoms. The van der Waals surface area contributed by atoms with Gasteiger partial charge in [-0.25, -0.2) is 4.39 Å². The Balaban J connectivity index is 2.05. The molecule has 0 saturated heterocycles. The first kappa shape index (κ1) is 20.8. The molecule has 2 N–H and O–H groups in total. The predicted molar refractivity (Wildman–Crippen MR) is 110 cm³/mol. The fourth-order valence-corrected chi connectivity index (χ4v) is 3.38. The van der Waals surface area contributed by atoms with Gasteiger partial charge in [-0.15, -0.1) is 0 Å². The molecule has 0 fully saturated rings. The van der Waals surface area contributed by atoms with Crippen molar-refractivity contribution in [2.24, 2.45) is 12.2 Å². The van der Waals surface area contributed by atoms with E-state index < -0.39 is 11.7 Å². The van der Waals surface area contributed by atoms with Gasteiger partial charge in [-0.05, 0) is 34.9 Å². The quantitative estimate of drug-likeness (QED) is 0.362. The van der Waals surface area contributed by atoms with Gasteiger partial charge in [0, 0.05) is 42.2 Å². The van der Waals surface area contributed by atoms with Crippen molar-refractivity contribution in [3.05, 3.63) is 104 Å². The highest BCUT2D eigenvalue weighted by Crippen LogP contribution is 2.33. The van der Waals surface area contributed by atoms with Crippen LogP contribution < -0.4 is 5.56 Å². The summed E-state index contributed by atoms with van der Waals surface area (Å²) >= 11 is 5.90. The van der Waals surface area contributed by atoms with Crippen molar-refractivity contribution in [3.8, 4) is 0 Å². The number of aryl methyl sites for hydroxylation is 1. The maximum absolute atomic E-state index is 14.7. The number of pyridine rings is 1. The van der Waals surface area contributed by atoms with E-state index in [-0.39, 0.29) is 23.6 Å². The normalized spacial score (nSPS) is 12.8. The fraction of sp³-hybridized carbons (Fsp3) is 0.182. The highest BCUT2D eigenvalue weighted by Gasteiger charge is 2.22. The number of aliphatic hydroxyl groups is 1. The largest absolute Gasteiger partial charge is 0.411 e. The Kier molecular flexibility index (Phi) is 6.46. The fourth-order valence-electron chi connectivity index (χ4n) is 3.22. The van der Waals surface area contributed by atoms with E-state index >= 15 is 0 Å². The monoisotopic (exact) mass is 414 g/mol. The predicted octanol–water partition coefficient (Wildman–Crippen LogP) is 4.07. The van der Waals surface area contributed by atoms with Crippen LogP contribution >= 0.6 is 11.6 Å². The average Bonchev–Trinajstić information content (AvgIpc) is 2.72. The van der Waals surface area contributed by atoms with Gasteiger partial charge in [0.25, 0.3) is 0 Å². The van der Waals surface area contributed by atoms with Crippen molar-refractivity contribution in [1.29, 1.82) is 0 Å². The summed E-state index contributed by atoms with van der Waals surface area (Å²) in [6, 6.07) is 14.6. The van der Waals surface area contributed by atoms with E-state index in [2.05, 4.69) is 5.16 Å². The van der Waals surface area contributed by atoms with Crippen LogP contribution in [-0.4, -0.2) is 20.6 Å². The Bertz CT molecular complexity index is 1090. The number of oxime groups is 1. The van der Waals surface area contributed by atoms with E-state index in [1.165, 1.54) is 16.7 Å².